The summed E-state index contributed by atoms with van der Waals surface area (Å²) in [4.78, 5) is 36.5. The molecule has 0 aromatic heterocycles. The molecule has 156 valence electrons. The number of aliphatic hydroxyl groups is 1. The molecule has 0 aromatic rings. The van der Waals surface area contributed by atoms with Gasteiger partial charge in [0.25, 0.3) is 0 Å². The van der Waals surface area contributed by atoms with Gasteiger partial charge >= 0.3 is 35.5 Å². The SMILES string of the molecule is CC(=O)O[C@H]1C[C@]2(C)[C@@H](C(=O)CO)CC[C@H]2[C@@H]2CCC3=CC(=O)CC[C@]3(C)[C@H]21.[H-].[Na+]. The van der Waals surface area contributed by atoms with Gasteiger partial charge in [-0.2, -0.15) is 0 Å². The summed E-state index contributed by atoms with van der Waals surface area (Å²) in [7, 11) is 0. The molecule has 4 aliphatic rings. The van der Waals surface area contributed by atoms with Crippen molar-refractivity contribution >= 4 is 17.5 Å². The maximum atomic E-state index is 12.5. The number of carbonyl (C=O) groups is 3. The Morgan fingerprint density at radius 1 is 1.24 bits per heavy atom. The summed E-state index contributed by atoms with van der Waals surface area (Å²) in [5, 5.41) is 9.49. The van der Waals surface area contributed by atoms with Crippen LogP contribution in [0.5, 0.6) is 0 Å². The maximum absolute atomic E-state index is 12.5. The summed E-state index contributed by atoms with van der Waals surface area (Å²) in [6.07, 6.45) is 7.37. The van der Waals surface area contributed by atoms with E-state index >= 15 is 0 Å². The molecule has 5 nitrogen and oxygen atoms in total. The van der Waals surface area contributed by atoms with E-state index in [1.807, 2.05) is 6.08 Å². The quantitative estimate of drug-likeness (QED) is 0.535. The standard InChI is InChI=1S/C23H32O5.Na.H/c1-13(25)28-20-11-23(3)17(6-7-18(23)19(27)12-24)16-5-4-14-10-15(26)8-9-22(14,2)21(16)20;;/h10,16-18,20-21,24H,4-9,11-12H2,1-3H3;;/q;+1;-1/t16-,17-,18+,20-,21+,22-,23-;;/m0../s1. The molecule has 0 amide bonds. The number of fused-ring (bicyclic) bond motifs is 5. The van der Waals surface area contributed by atoms with Crippen LogP contribution in [0.4, 0.5) is 0 Å². The molecule has 0 bridgehead atoms. The first-order chi connectivity index (χ1) is 13.2. The number of carbonyl (C=O) groups excluding carboxylic acids is 3. The van der Waals surface area contributed by atoms with Gasteiger partial charge in [-0.15, -0.1) is 0 Å². The fourth-order valence-corrected chi connectivity index (χ4v) is 7.61. The second-order valence-corrected chi connectivity index (χ2v) is 10.0. The van der Waals surface area contributed by atoms with Crippen LogP contribution in [0, 0.1) is 34.5 Å². The van der Waals surface area contributed by atoms with Gasteiger partial charge in [-0.25, -0.2) is 0 Å². The minimum atomic E-state index is -0.411. The van der Waals surface area contributed by atoms with Crippen molar-refractivity contribution < 1.29 is 55.2 Å². The van der Waals surface area contributed by atoms with Crippen molar-refractivity contribution in [2.75, 3.05) is 6.61 Å². The molecule has 7 atom stereocenters. The Morgan fingerprint density at radius 3 is 2.62 bits per heavy atom. The number of rotatable bonds is 3. The Morgan fingerprint density at radius 2 is 1.97 bits per heavy atom. The molecular formula is C23H33NaO5. The van der Waals surface area contributed by atoms with E-state index in [9.17, 15) is 19.5 Å². The minimum absolute atomic E-state index is 0. The number of allylic oxidation sites excluding steroid dienone is 1. The van der Waals surface area contributed by atoms with E-state index in [-0.39, 0.29) is 77.3 Å². The van der Waals surface area contributed by atoms with Crippen molar-refractivity contribution in [3.63, 3.8) is 0 Å². The molecule has 1 N–H and O–H groups in total. The summed E-state index contributed by atoms with van der Waals surface area (Å²) in [6, 6.07) is 0. The van der Waals surface area contributed by atoms with Gasteiger partial charge in [-0.3, -0.25) is 14.4 Å². The van der Waals surface area contributed by atoms with Crippen molar-refractivity contribution in [1.29, 1.82) is 0 Å². The molecule has 0 heterocycles. The average molecular weight is 413 g/mol. The zero-order chi connectivity index (χ0) is 20.3. The van der Waals surface area contributed by atoms with Gasteiger partial charge in [0.2, 0.25) is 0 Å². The second kappa shape index (κ2) is 8.22. The normalized spacial score (nSPS) is 43.2. The Kier molecular flexibility index (Phi) is 6.57. The molecule has 0 saturated heterocycles. The summed E-state index contributed by atoms with van der Waals surface area (Å²) >= 11 is 0. The molecule has 0 unspecified atom stereocenters. The van der Waals surface area contributed by atoms with Gasteiger partial charge in [0.05, 0.1) is 0 Å². The van der Waals surface area contributed by atoms with Gasteiger partial charge in [-0.05, 0) is 67.3 Å². The zero-order valence-corrected chi connectivity index (χ0v) is 20.2. The third kappa shape index (κ3) is 3.60. The van der Waals surface area contributed by atoms with Crippen molar-refractivity contribution in [3.8, 4) is 0 Å². The summed E-state index contributed by atoms with van der Waals surface area (Å²) in [6.45, 7) is 5.48. The van der Waals surface area contributed by atoms with E-state index in [4.69, 9.17) is 4.74 Å². The number of hydrogen-bond donors (Lipinski definition) is 1. The Balaban J connectivity index is 0.00000160. The number of esters is 1. The summed E-state index contributed by atoms with van der Waals surface area (Å²) in [5.41, 5.74) is 0.882. The number of aliphatic hydroxyl groups excluding tert-OH is 1. The maximum Gasteiger partial charge on any atom is 1.00 e. The molecule has 0 aliphatic heterocycles. The third-order valence-corrected chi connectivity index (χ3v) is 8.73. The molecule has 0 radical (unpaired) electrons. The van der Waals surface area contributed by atoms with E-state index in [0.29, 0.717) is 24.7 Å². The van der Waals surface area contributed by atoms with Crippen LogP contribution in [0.25, 0.3) is 0 Å². The molecule has 4 aliphatic carbocycles. The molecule has 3 saturated carbocycles. The molecule has 4 rings (SSSR count). The first-order valence-corrected chi connectivity index (χ1v) is 10.8. The summed E-state index contributed by atoms with van der Waals surface area (Å²) < 4.78 is 5.91. The van der Waals surface area contributed by atoms with Gasteiger partial charge in [0, 0.05) is 25.2 Å². The van der Waals surface area contributed by atoms with Crippen LogP contribution in [-0.4, -0.2) is 35.4 Å². The smallest absolute Gasteiger partial charge is 1.00 e. The Bertz CT molecular complexity index is 752. The molecule has 29 heavy (non-hydrogen) atoms. The first kappa shape index (κ1) is 23.2. The zero-order valence-electron chi connectivity index (χ0n) is 19.2. The van der Waals surface area contributed by atoms with E-state index in [0.717, 1.165) is 32.1 Å². The summed E-state index contributed by atoms with van der Waals surface area (Å²) in [5.74, 6) is 0.696. The minimum Gasteiger partial charge on any atom is -1.00 e. The van der Waals surface area contributed by atoms with Gasteiger partial charge < -0.3 is 11.3 Å². The molecular weight excluding hydrogens is 379 g/mol. The van der Waals surface area contributed by atoms with E-state index in [1.165, 1.54) is 12.5 Å². The average Bonchev–Trinajstić information content (AvgIpc) is 2.97. The second-order valence-electron chi connectivity index (χ2n) is 10.0. The Labute approximate surface area is 196 Å². The van der Waals surface area contributed by atoms with E-state index in [2.05, 4.69) is 13.8 Å². The van der Waals surface area contributed by atoms with Crippen LogP contribution in [0.2, 0.25) is 0 Å². The van der Waals surface area contributed by atoms with E-state index < -0.39 is 6.61 Å². The fourth-order valence-electron chi connectivity index (χ4n) is 7.61. The van der Waals surface area contributed by atoms with Gasteiger partial charge in [0.15, 0.2) is 11.6 Å². The number of ether oxygens (including phenoxy) is 1. The molecule has 0 spiro atoms. The molecule has 6 heteroatoms. The fraction of sp³-hybridized carbons (Fsp3) is 0.783. The van der Waals surface area contributed by atoms with Crippen LogP contribution in [-0.2, 0) is 19.1 Å². The largest absolute Gasteiger partial charge is 1.00 e. The van der Waals surface area contributed by atoms with E-state index in [1.54, 1.807) is 0 Å². The number of ketones is 2. The topological polar surface area (TPSA) is 80.7 Å². The van der Waals surface area contributed by atoms with Crippen LogP contribution >= 0.6 is 0 Å². The third-order valence-electron chi connectivity index (χ3n) is 8.73. The monoisotopic (exact) mass is 412 g/mol. The molecule has 3 fully saturated rings. The number of Topliss-reactive ketones (excluding diaryl/α,β-unsaturated/α-hetero) is 1. The van der Waals surface area contributed by atoms with Crippen LogP contribution < -0.4 is 29.6 Å². The predicted octanol–water partition coefficient (Wildman–Crippen LogP) is 0.354. The van der Waals surface area contributed by atoms with Crippen molar-refractivity contribution in [1.82, 2.24) is 0 Å². The predicted molar refractivity (Wildman–Crippen MR) is 104 cm³/mol. The van der Waals surface area contributed by atoms with Crippen molar-refractivity contribution in [3.05, 3.63) is 11.6 Å². The molecule has 0 aromatic carbocycles. The van der Waals surface area contributed by atoms with Crippen LogP contribution in [0.3, 0.4) is 0 Å². The van der Waals surface area contributed by atoms with Gasteiger partial charge in [0.1, 0.15) is 12.7 Å². The first-order valence-electron chi connectivity index (χ1n) is 10.8. The van der Waals surface area contributed by atoms with Crippen molar-refractivity contribution in [2.24, 2.45) is 34.5 Å². The Hall–Kier alpha value is -0.490. The van der Waals surface area contributed by atoms with Crippen LogP contribution in [0.15, 0.2) is 11.6 Å². The van der Waals surface area contributed by atoms with Gasteiger partial charge in [-0.1, -0.05) is 19.4 Å². The van der Waals surface area contributed by atoms with Crippen LogP contribution in [0.1, 0.15) is 67.1 Å². The number of hydrogen-bond acceptors (Lipinski definition) is 5. The van der Waals surface area contributed by atoms with Crippen molar-refractivity contribution in [2.45, 2.75) is 71.8 Å².